The molecule has 0 heterocycles. The summed E-state index contributed by atoms with van der Waals surface area (Å²) in [7, 11) is -5.81. The molecule has 0 unspecified atom stereocenters. The quantitative estimate of drug-likeness (QED) is 0.676. The maximum absolute atomic E-state index is 12.5. The first-order valence-corrected chi connectivity index (χ1v) is 11.2. The van der Waals surface area contributed by atoms with Gasteiger partial charge in [0.05, 0.1) is 23.4 Å². The minimum atomic E-state index is -3.83. The standard InChI is InChI=1S/C17H22N2O5S2/c1-3-4-13-25(20,21)18-14-9-11-15(12-10-14)26(22,23)19-16-7-5-6-8-17(16)24-2/h5-12,18-19H,3-4,13H2,1-2H3. The van der Waals surface area contributed by atoms with E-state index in [2.05, 4.69) is 9.44 Å². The van der Waals surface area contributed by atoms with Crippen LogP contribution in [0.1, 0.15) is 19.8 Å². The van der Waals surface area contributed by atoms with Crippen molar-refractivity contribution in [3.05, 3.63) is 48.5 Å². The van der Waals surface area contributed by atoms with Crippen LogP contribution >= 0.6 is 0 Å². The number of sulfonamides is 2. The van der Waals surface area contributed by atoms with Crippen molar-refractivity contribution in [1.82, 2.24) is 0 Å². The predicted octanol–water partition coefficient (Wildman–Crippen LogP) is 3.04. The van der Waals surface area contributed by atoms with E-state index in [1.165, 1.54) is 31.4 Å². The molecule has 0 bridgehead atoms. The SMILES string of the molecule is CCCCS(=O)(=O)Nc1ccc(S(=O)(=O)Nc2ccccc2OC)cc1. The average molecular weight is 399 g/mol. The molecule has 2 aromatic rings. The van der Waals surface area contributed by atoms with Crippen molar-refractivity contribution in [3.8, 4) is 5.75 Å². The Morgan fingerprint density at radius 3 is 2.19 bits per heavy atom. The number of rotatable bonds is 9. The monoisotopic (exact) mass is 398 g/mol. The summed E-state index contributed by atoms with van der Waals surface area (Å²) in [4.78, 5) is 0.0138. The number of para-hydroxylation sites is 2. The average Bonchev–Trinajstić information content (AvgIpc) is 2.60. The van der Waals surface area contributed by atoms with Crippen molar-refractivity contribution in [2.75, 3.05) is 22.3 Å². The van der Waals surface area contributed by atoms with Gasteiger partial charge in [-0.15, -0.1) is 0 Å². The van der Waals surface area contributed by atoms with Crippen LogP contribution in [0.2, 0.25) is 0 Å². The molecule has 0 aliphatic heterocycles. The number of unbranched alkanes of at least 4 members (excludes halogenated alkanes) is 1. The van der Waals surface area contributed by atoms with E-state index in [9.17, 15) is 16.8 Å². The zero-order chi connectivity index (χ0) is 19.2. The van der Waals surface area contributed by atoms with Gasteiger partial charge in [-0.25, -0.2) is 16.8 Å². The Morgan fingerprint density at radius 2 is 1.58 bits per heavy atom. The Bertz CT molecular complexity index is 939. The first-order valence-electron chi connectivity index (χ1n) is 8.04. The lowest BCUT2D eigenvalue weighted by Crippen LogP contribution is -2.17. The van der Waals surface area contributed by atoms with Crippen LogP contribution in [0.3, 0.4) is 0 Å². The summed E-state index contributed by atoms with van der Waals surface area (Å²) < 4.78 is 58.8. The van der Waals surface area contributed by atoms with Crippen LogP contribution in [0.5, 0.6) is 5.75 Å². The lowest BCUT2D eigenvalue weighted by Gasteiger charge is -2.12. The highest BCUT2D eigenvalue weighted by Crippen LogP contribution is 2.26. The van der Waals surface area contributed by atoms with Gasteiger partial charge in [-0.1, -0.05) is 25.5 Å². The van der Waals surface area contributed by atoms with Crippen LogP contribution in [0.25, 0.3) is 0 Å². The van der Waals surface area contributed by atoms with Gasteiger partial charge in [0.1, 0.15) is 5.75 Å². The minimum absolute atomic E-state index is 0.0138. The number of nitrogens with one attached hydrogen (secondary N) is 2. The largest absolute Gasteiger partial charge is 0.495 e. The van der Waals surface area contributed by atoms with Crippen LogP contribution in [0, 0.1) is 0 Å². The van der Waals surface area contributed by atoms with Gasteiger partial charge in [0.15, 0.2) is 0 Å². The molecule has 9 heteroatoms. The molecule has 0 aromatic heterocycles. The summed E-state index contributed by atoms with van der Waals surface area (Å²) in [5, 5.41) is 0. The van der Waals surface area contributed by atoms with Crippen molar-refractivity contribution in [3.63, 3.8) is 0 Å². The molecule has 0 aliphatic rings. The number of methoxy groups -OCH3 is 1. The van der Waals surface area contributed by atoms with Crippen LogP contribution in [-0.2, 0) is 20.0 Å². The fourth-order valence-corrected chi connectivity index (χ4v) is 4.54. The molecule has 0 amide bonds. The van der Waals surface area contributed by atoms with Crippen molar-refractivity contribution in [2.24, 2.45) is 0 Å². The molecule has 2 N–H and O–H groups in total. The van der Waals surface area contributed by atoms with E-state index in [0.717, 1.165) is 6.42 Å². The number of anilines is 2. The zero-order valence-corrected chi connectivity index (χ0v) is 16.2. The Kier molecular flexibility index (Phi) is 6.49. The van der Waals surface area contributed by atoms with Crippen molar-refractivity contribution in [2.45, 2.75) is 24.7 Å². The first-order chi connectivity index (χ1) is 12.3. The molecule has 0 saturated heterocycles. The Hall–Kier alpha value is -2.26. The third-order valence-electron chi connectivity index (χ3n) is 3.56. The topological polar surface area (TPSA) is 102 Å². The lowest BCUT2D eigenvalue weighted by atomic mass is 10.3. The third-order valence-corrected chi connectivity index (χ3v) is 6.31. The van der Waals surface area contributed by atoms with Gasteiger partial charge >= 0.3 is 0 Å². The van der Waals surface area contributed by atoms with Crippen LogP contribution < -0.4 is 14.2 Å². The summed E-state index contributed by atoms with van der Waals surface area (Å²) in [6.45, 7) is 1.91. The van der Waals surface area contributed by atoms with E-state index in [4.69, 9.17) is 4.74 Å². The maximum atomic E-state index is 12.5. The molecule has 2 aromatic carbocycles. The molecule has 0 spiro atoms. The molecular formula is C17H22N2O5S2. The van der Waals surface area contributed by atoms with Gasteiger partial charge in [0.2, 0.25) is 10.0 Å². The van der Waals surface area contributed by atoms with Crippen molar-refractivity contribution < 1.29 is 21.6 Å². The summed E-state index contributed by atoms with van der Waals surface area (Å²) in [5.74, 6) is 0.426. The molecule has 142 valence electrons. The van der Waals surface area contributed by atoms with E-state index in [-0.39, 0.29) is 10.6 Å². The summed E-state index contributed by atoms with van der Waals surface area (Å²) in [6, 6.07) is 12.2. The van der Waals surface area contributed by atoms with E-state index in [1.54, 1.807) is 24.3 Å². The van der Waals surface area contributed by atoms with E-state index < -0.39 is 20.0 Å². The lowest BCUT2D eigenvalue weighted by molar-refractivity contribution is 0.417. The summed E-state index contributed by atoms with van der Waals surface area (Å²) in [5.41, 5.74) is 0.636. The van der Waals surface area contributed by atoms with Gasteiger partial charge in [0, 0.05) is 5.69 Å². The summed E-state index contributed by atoms with van der Waals surface area (Å²) >= 11 is 0. The molecular weight excluding hydrogens is 376 g/mol. The molecule has 7 nitrogen and oxygen atoms in total. The molecule has 0 saturated carbocycles. The van der Waals surface area contributed by atoms with Crippen molar-refractivity contribution in [1.29, 1.82) is 0 Å². The number of hydrogen-bond acceptors (Lipinski definition) is 5. The zero-order valence-electron chi connectivity index (χ0n) is 14.6. The fourth-order valence-electron chi connectivity index (χ4n) is 2.20. The first kappa shape index (κ1) is 20.1. The Labute approximate surface area is 154 Å². The van der Waals surface area contributed by atoms with E-state index in [1.807, 2.05) is 6.92 Å². The normalized spacial score (nSPS) is 11.8. The fraction of sp³-hybridized carbons (Fsp3) is 0.294. The minimum Gasteiger partial charge on any atom is -0.495 e. The Morgan fingerprint density at radius 1 is 0.923 bits per heavy atom. The van der Waals surface area contributed by atoms with Crippen molar-refractivity contribution >= 4 is 31.4 Å². The molecule has 0 aliphatic carbocycles. The number of hydrogen-bond donors (Lipinski definition) is 2. The molecule has 2 rings (SSSR count). The molecule has 0 fully saturated rings. The van der Waals surface area contributed by atoms with E-state index in [0.29, 0.717) is 23.5 Å². The van der Waals surface area contributed by atoms with Gasteiger partial charge in [-0.2, -0.15) is 0 Å². The smallest absolute Gasteiger partial charge is 0.262 e. The molecule has 0 atom stereocenters. The maximum Gasteiger partial charge on any atom is 0.262 e. The van der Waals surface area contributed by atoms with Crippen LogP contribution in [0.4, 0.5) is 11.4 Å². The second-order valence-electron chi connectivity index (χ2n) is 5.60. The number of ether oxygens (including phenoxy) is 1. The van der Waals surface area contributed by atoms with E-state index >= 15 is 0 Å². The second-order valence-corrected chi connectivity index (χ2v) is 9.13. The van der Waals surface area contributed by atoms with Gasteiger partial charge < -0.3 is 4.74 Å². The van der Waals surface area contributed by atoms with Crippen LogP contribution in [-0.4, -0.2) is 29.7 Å². The molecule has 0 radical (unpaired) electrons. The van der Waals surface area contributed by atoms with Gasteiger partial charge in [0.25, 0.3) is 10.0 Å². The molecule has 26 heavy (non-hydrogen) atoms. The van der Waals surface area contributed by atoms with Crippen LogP contribution in [0.15, 0.2) is 53.4 Å². The highest BCUT2D eigenvalue weighted by molar-refractivity contribution is 7.93. The third kappa shape index (κ3) is 5.37. The highest BCUT2D eigenvalue weighted by Gasteiger charge is 2.17. The highest BCUT2D eigenvalue weighted by atomic mass is 32.2. The van der Waals surface area contributed by atoms with Gasteiger partial charge in [-0.05, 0) is 42.8 Å². The number of benzene rings is 2. The second kappa shape index (κ2) is 8.41. The van der Waals surface area contributed by atoms with Gasteiger partial charge in [-0.3, -0.25) is 9.44 Å². The summed E-state index contributed by atoms with van der Waals surface area (Å²) in [6.07, 6.45) is 1.33. The Balaban J connectivity index is 2.16. The predicted molar refractivity (Wildman–Crippen MR) is 103 cm³/mol.